The molecule has 0 bridgehead atoms. The van der Waals surface area contributed by atoms with Gasteiger partial charge in [-0.15, -0.1) is 0 Å². The molecule has 2 aromatic carbocycles. The average molecular weight is 496 g/mol. The second-order valence-corrected chi connectivity index (χ2v) is 7.63. The minimum Gasteiger partial charge on any atom is -0.493 e. The number of nitrogens with zero attached hydrogens (tertiary/aromatic N) is 2. The Labute approximate surface area is 181 Å². The Morgan fingerprint density at radius 3 is 2.62 bits per heavy atom. The van der Waals surface area contributed by atoms with E-state index in [1.807, 2.05) is 61.5 Å². The standard InChI is InChI=1S/C23H17IN2O3/c1-2-29-22-6-4-3-5-16(22)14-7-9-20(25-13-14)21-12-18(23(27)28)17-11-15(24)8-10-19(17)26-21/h3-13H,2H2,1H3,(H,27,28). The summed E-state index contributed by atoms with van der Waals surface area (Å²) in [4.78, 5) is 20.9. The van der Waals surface area contributed by atoms with Gasteiger partial charge in [0.15, 0.2) is 0 Å². The lowest BCUT2D eigenvalue weighted by atomic mass is 10.0. The lowest BCUT2D eigenvalue weighted by Gasteiger charge is -2.11. The van der Waals surface area contributed by atoms with Crippen molar-refractivity contribution in [2.45, 2.75) is 6.92 Å². The molecule has 0 unspecified atom stereocenters. The van der Waals surface area contributed by atoms with Crippen LogP contribution in [-0.4, -0.2) is 27.7 Å². The quantitative estimate of drug-likeness (QED) is 0.361. The van der Waals surface area contributed by atoms with Crippen LogP contribution in [0.2, 0.25) is 0 Å². The first-order valence-corrected chi connectivity index (χ1v) is 10.2. The van der Waals surface area contributed by atoms with Crippen LogP contribution in [-0.2, 0) is 0 Å². The fourth-order valence-corrected chi connectivity index (χ4v) is 3.69. The molecular weight excluding hydrogens is 479 g/mol. The van der Waals surface area contributed by atoms with Crippen LogP contribution < -0.4 is 4.74 Å². The molecule has 0 amide bonds. The zero-order valence-corrected chi connectivity index (χ0v) is 17.8. The van der Waals surface area contributed by atoms with Gasteiger partial charge in [0, 0.05) is 26.3 Å². The highest BCUT2D eigenvalue weighted by molar-refractivity contribution is 14.1. The zero-order chi connectivity index (χ0) is 20.4. The summed E-state index contributed by atoms with van der Waals surface area (Å²) >= 11 is 2.16. The number of rotatable bonds is 5. The molecule has 0 saturated heterocycles. The fraction of sp³-hybridized carbons (Fsp3) is 0.0870. The molecule has 0 aliphatic heterocycles. The lowest BCUT2D eigenvalue weighted by Crippen LogP contribution is -2.01. The van der Waals surface area contributed by atoms with Crippen molar-refractivity contribution in [1.29, 1.82) is 0 Å². The molecule has 2 heterocycles. The Bertz CT molecular complexity index is 1210. The van der Waals surface area contributed by atoms with E-state index in [2.05, 4.69) is 32.6 Å². The summed E-state index contributed by atoms with van der Waals surface area (Å²) in [7, 11) is 0. The van der Waals surface area contributed by atoms with Crippen molar-refractivity contribution in [3.8, 4) is 28.3 Å². The second-order valence-electron chi connectivity index (χ2n) is 6.38. The van der Waals surface area contributed by atoms with Gasteiger partial charge in [0.05, 0.1) is 29.1 Å². The Kier molecular flexibility index (Phi) is 5.44. The van der Waals surface area contributed by atoms with Crippen LogP contribution in [0.25, 0.3) is 33.4 Å². The molecule has 2 aromatic heterocycles. The number of hydrogen-bond donors (Lipinski definition) is 1. The van der Waals surface area contributed by atoms with Crippen molar-refractivity contribution in [3.05, 3.63) is 76.0 Å². The van der Waals surface area contributed by atoms with E-state index in [9.17, 15) is 9.90 Å². The number of benzene rings is 2. The summed E-state index contributed by atoms with van der Waals surface area (Å²) in [5.41, 5.74) is 3.88. The molecule has 0 radical (unpaired) electrons. The predicted molar refractivity (Wildman–Crippen MR) is 121 cm³/mol. The normalized spacial score (nSPS) is 10.8. The van der Waals surface area contributed by atoms with Crippen molar-refractivity contribution >= 4 is 39.5 Å². The third-order valence-corrected chi connectivity index (χ3v) is 5.20. The summed E-state index contributed by atoms with van der Waals surface area (Å²) < 4.78 is 6.66. The van der Waals surface area contributed by atoms with Crippen LogP contribution in [0.5, 0.6) is 5.75 Å². The van der Waals surface area contributed by atoms with Crippen molar-refractivity contribution in [1.82, 2.24) is 9.97 Å². The molecule has 4 aromatic rings. The molecule has 0 aliphatic carbocycles. The average Bonchev–Trinajstić information content (AvgIpc) is 2.74. The first-order valence-electron chi connectivity index (χ1n) is 9.09. The largest absolute Gasteiger partial charge is 0.493 e. The summed E-state index contributed by atoms with van der Waals surface area (Å²) in [5.74, 6) is -0.181. The molecule has 1 N–H and O–H groups in total. The Balaban J connectivity index is 1.78. The number of pyridine rings is 2. The molecule has 144 valence electrons. The molecule has 0 aliphatic rings. The number of carboxylic acid groups (broad SMARTS) is 1. The highest BCUT2D eigenvalue weighted by atomic mass is 127. The van der Waals surface area contributed by atoms with Crippen LogP contribution in [0.3, 0.4) is 0 Å². The Morgan fingerprint density at radius 2 is 1.90 bits per heavy atom. The SMILES string of the molecule is CCOc1ccccc1-c1ccc(-c2cc(C(=O)O)c3cc(I)ccc3n2)nc1. The maximum absolute atomic E-state index is 11.8. The molecule has 0 atom stereocenters. The van der Waals surface area contributed by atoms with E-state index in [1.165, 1.54) is 0 Å². The van der Waals surface area contributed by atoms with Crippen LogP contribution >= 0.6 is 22.6 Å². The second kappa shape index (κ2) is 8.16. The van der Waals surface area contributed by atoms with Gasteiger partial charge in [-0.3, -0.25) is 4.98 Å². The molecular formula is C23H17IN2O3. The van der Waals surface area contributed by atoms with E-state index in [1.54, 1.807) is 12.3 Å². The van der Waals surface area contributed by atoms with Crippen molar-refractivity contribution < 1.29 is 14.6 Å². The Morgan fingerprint density at radius 1 is 1.07 bits per heavy atom. The van der Waals surface area contributed by atoms with Gasteiger partial charge in [-0.1, -0.05) is 24.3 Å². The number of aromatic nitrogens is 2. The molecule has 29 heavy (non-hydrogen) atoms. The topological polar surface area (TPSA) is 72.3 Å². The summed E-state index contributed by atoms with van der Waals surface area (Å²) in [6, 6.07) is 18.8. The van der Waals surface area contributed by atoms with E-state index in [0.717, 1.165) is 20.4 Å². The predicted octanol–water partition coefficient (Wildman–Crippen LogP) is 5.67. The number of ether oxygens (including phenoxy) is 1. The van der Waals surface area contributed by atoms with Crippen molar-refractivity contribution in [2.75, 3.05) is 6.61 Å². The Hall–Kier alpha value is -3.00. The van der Waals surface area contributed by atoms with Gasteiger partial charge in [-0.25, -0.2) is 9.78 Å². The van der Waals surface area contributed by atoms with Crippen LogP contribution in [0.1, 0.15) is 17.3 Å². The number of aromatic carboxylic acids is 1. The maximum Gasteiger partial charge on any atom is 0.336 e. The molecule has 0 fully saturated rings. The van der Waals surface area contributed by atoms with Gasteiger partial charge in [-0.05, 0) is 65.9 Å². The van der Waals surface area contributed by atoms with E-state index in [4.69, 9.17) is 4.74 Å². The minimum absolute atomic E-state index is 0.219. The molecule has 4 rings (SSSR count). The molecule has 6 heteroatoms. The van der Waals surface area contributed by atoms with Gasteiger partial charge in [0.2, 0.25) is 0 Å². The highest BCUT2D eigenvalue weighted by Crippen LogP contribution is 2.31. The monoisotopic (exact) mass is 496 g/mol. The number of hydrogen-bond acceptors (Lipinski definition) is 4. The summed E-state index contributed by atoms with van der Waals surface area (Å²) in [5, 5.41) is 10.3. The van der Waals surface area contributed by atoms with Crippen molar-refractivity contribution in [3.63, 3.8) is 0 Å². The maximum atomic E-state index is 11.8. The smallest absolute Gasteiger partial charge is 0.336 e. The zero-order valence-electron chi connectivity index (χ0n) is 15.6. The minimum atomic E-state index is -0.983. The summed E-state index contributed by atoms with van der Waals surface area (Å²) in [6.45, 7) is 2.53. The number of para-hydroxylation sites is 1. The van der Waals surface area contributed by atoms with Crippen LogP contribution in [0.4, 0.5) is 0 Å². The van der Waals surface area contributed by atoms with Gasteiger partial charge in [0.25, 0.3) is 0 Å². The van der Waals surface area contributed by atoms with Gasteiger partial charge in [-0.2, -0.15) is 0 Å². The highest BCUT2D eigenvalue weighted by Gasteiger charge is 2.14. The fourth-order valence-electron chi connectivity index (χ4n) is 3.20. The number of carbonyl (C=O) groups is 1. The first-order chi connectivity index (χ1) is 14.1. The van der Waals surface area contributed by atoms with Crippen molar-refractivity contribution in [2.24, 2.45) is 0 Å². The molecule has 0 saturated carbocycles. The first kappa shape index (κ1) is 19.3. The lowest BCUT2D eigenvalue weighted by molar-refractivity contribution is 0.0699. The van der Waals surface area contributed by atoms with Gasteiger partial charge in [0.1, 0.15) is 5.75 Å². The van der Waals surface area contributed by atoms with E-state index in [0.29, 0.717) is 28.9 Å². The van der Waals surface area contributed by atoms with Crippen LogP contribution in [0, 0.1) is 3.57 Å². The van der Waals surface area contributed by atoms with E-state index in [-0.39, 0.29) is 5.56 Å². The third kappa shape index (κ3) is 3.93. The number of carboxylic acids is 1. The van der Waals surface area contributed by atoms with E-state index >= 15 is 0 Å². The van der Waals surface area contributed by atoms with Gasteiger partial charge >= 0.3 is 5.97 Å². The molecule has 5 nitrogen and oxygen atoms in total. The van der Waals surface area contributed by atoms with E-state index < -0.39 is 5.97 Å². The number of fused-ring (bicyclic) bond motifs is 1. The third-order valence-electron chi connectivity index (χ3n) is 4.52. The molecule has 0 spiro atoms. The van der Waals surface area contributed by atoms with Gasteiger partial charge < -0.3 is 9.84 Å². The van der Waals surface area contributed by atoms with Crippen LogP contribution in [0.15, 0.2) is 66.9 Å². The summed E-state index contributed by atoms with van der Waals surface area (Å²) in [6.07, 6.45) is 1.76. The number of halogens is 1.